The summed E-state index contributed by atoms with van der Waals surface area (Å²) in [6, 6.07) is 12.1. The zero-order valence-electron chi connectivity index (χ0n) is 17.2. The van der Waals surface area contributed by atoms with Crippen LogP contribution in [0, 0.1) is 12.8 Å². The summed E-state index contributed by atoms with van der Waals surface area (Å²) in [6.07, 6.45) is 0.443. The van der Waals surface area contributed by atoms with Crippen LogP contribution in [-0.4, -0.2) is 51.3 Å². The molecular formula is C22H25NO6S. The number of nitrogens with zero attached hydrogens (tertiary/aromatic N) is 1. The van der Waals surface area contributed by atoms with Crippen molar-refractivity contribution in [2.75, 3.05) is 20.8 Å². The number of sulfonamides is 1. The SMILES string of the molecule is COC(=O)[C@H]1[C@@H](CC(=O)c2ccc(OC)cc2)CCN1S(=O)(=O)c1ccc(C)cc1. The monoisotopic (exact) mass is 431 g/mol. The minimum atomic E-state index is -3.90. The Hall–Kier alpha value is -2.71. The molecule has 1 heterocycles. The number of aryl methyl sites for hydroxylation is 1. The summed E-state index contributed by atoms with van der Waals surface area (Å²) in [6.45, 7) is 2.01. The molecular weight excluding hydrogens is 406 g/mol. The molecule has 0 aromatic heterocycles. The van der Waals surface area contributed by atoms with Gasteiger partial charge in [0.1, 0.15) is 11.8 Å². The summed E-state index contributed by atoms with van der Waals surface area (Å²) in [5.74, 6) is -0.649. The van der Waals surface area contributed by atoms with Gasteiger partial charge in [-0.05, 0) is 55.7 Å². The van der Waals surface area contributed by atoms with E-state index in [1.165, 1.54) is 19.2 Å². The maximum absolute atomic E-state index is 13.2. The molecule has 2 aromatic rings. The predicted molar refractivity (Wildman–Crippen MR) is 111 cm³/mol. The van der Waals surface area contributed by atoms with Gasteiger partial charge in [-0.2, -0.15) is 4.31 Å². The highest BCUT2D eigenvalue weighted by Gasteiger charge is 2.47. The molecule has 0 saturated carbocycles. The van der Waals surface area contributed by atoms with Crippen LogP contribution in [0.15, 0.2) is 53.4 Å². The molecule has 0 unspecified atom stereocenters. The standard InChI is InChI=1S/C22H25NO6S/c1-15-4-10-19(11-5-15)30(26,27)23-13-12-17(21(23)22(25)29-3)14-20(24)16-6-8-18(28-2)9-7-16/h4-11,17,21H,12-14H2,1-3H3/t17-,21-/m1/s1. The van der Waals surface area contributed by atoms with Crippen molar-refractivity contribution in [1.82, 2.24) is 4.31 Å². The quantitative estimate of drug-likeness (QED) is 0.495. The molecule has 30 heavy (non-hydrogen) atoms. The Morgan fingerprint density at radius 2 is 1.67 bits per heavy atom. The Bertz CT molecular complexity index is 1010. The van der Waals surface area contributed by atoms with E-state index in [-0.39, 0.29) is 23.6 Å². The molecule has 8 heteroatoms. The van der Waals surface area contributed by atoms with Crippen molar-refractivity contribution in [2.24, 2.45) is 5.92 Å². The summed E-state index contributed by atoms with van der Waals surface area (Å²) in [5, 5.41) is 0. The van der Waals surface area contributed by atoms with Crippen LogP contribution in [-0.2, 0) is 19.6 Å². The molecule has 1 aliphatic rings. The van der Waals surface area contributed by atoms with Crippen molar-refractivity contribution < 1.29 is 27.5 Å². The number of methoxy groups -OCH3 is 2. The first-order valence-electron chi connectivity index (χ1n) is 9.61. The summed E-state index contributed by atoms with van der Waals surface area (Å²) in [4.78, 5) is 25.4. The van der Waals surface area contributed by atoms with E-state index >= 15 is 0 Å². The lowest BCUT2D eigenvalue weighted by Crippen LogP contribution is -2.44. The molecule has 1 aliphatic heterocycles. The van der Waals surface area contributed by atoms with Gasteiger partial charge in [0.2, 0.25) is 10.0 Å². The maximum Gasteiger partial charge on any atom is 0.324 e. The van der Waals surface area contributed by atoms with Crippen LogP contribution >= 0.6 is 0 Å². The second-order valence-corrected chi connectivity index (χ2v) is 9.19. The lowest BCUT2D eigenvalue weighted by molar-refractivity contribution is -0.145. The van der Waals surface area contributed by atoms with Crippen molar-refractivity contribution in [2.45, 2.75) is 30.7 Å². The zero-order valence-corrected chi connectivity index (χ0v) is 18.0. The number of esters is 1. The number of carbonyl (C=O) groups is 2. The van der Waals surface area contributed by atoms with Crippen LogP contribution in [0.5, 0.6) is 5.75 Å². The highest BCUT2D eigenvalue weighted by Crippen LogP contribution is 2.34. The average molecular weight is 432 g/mol. The number of ether oxygens (including phenoxy) is 2. The summed E-state index contributed by atoms with van der Waals surface area (Å²) in [5.41, 5.74) is 1.42. The Labute approximate surface area is 176 Å². The number of Topliss-reactive ketones (excluding diaryl/α,β-unsaturated/α-hetero) is 1. The Morgan fingerprint density at radius 3 is 2.23 bits per heavy atom. The molecule has 3 rings (SSSR count). The van der Waals surface area contributed by atoms with E-state index in [4.69, 9.17) is 9.47 Å². The minimum absolute atomic E-state index is 0.0476. The fourth-order valence-electron chi connectivity index (χ4n) is 3.72. The lowest BCUT2D eigenvalue weighted by Gasteiger charge is -2.25. The van der Waals surface area contributed by atoms with Crippen molar-refractivity contribution in [1.29, 1.82) is 0 Å². The third-order valence-corrected chi connectivity index (χ3v) is 7.30. The summed E-state index contributed by atoms with van der Waals surface area (Å²) >= 11 is 0. The van der Waals surface area contributed by atoms with Crippen molar-refractivity contribution in [3.8, 4) is 5.75 Å². The van der Waals surface area contributed by atoms with Crippen LogP contribution in [0.1, 0.15) is 28.8 Å². The molecule has 0 radical (unpaired) electrons. The van der Waals surface area contributed by atoms with Gasteiger partial charge < -0.3 is 9.47 Å². The van der Waals surface area contributed by atoms with Crippen LogP contribution in [0.3, 0.4) is 0 Å². The second kappa shape index (κ2) is 8.97. The lowest BCUT2D eigenvalue weighted by atomic mass is 9.92. The highest BCUT2D eigenvalue weighted by molar-refractivity contribution is 7.89. The molecule has 1 saturated heterocycles. The average Bonchev–Trinajstić information content (AvgIpc) is 3.17. The molecule has 160 valence electrons. The van der Waals surface area contributed by atoms with E-state index in [1.807, 2.05) is 6.92 Å². The van der Waals surface area contributed by atoms with E-state index in [1.54, 1.807) is 43.5 Å². The number of hydrogen-bond donors (Lipinski definition) is 0. The molecule has 2 aromatic carbocycles. The van der Waals surface area contributed by atoms with Gasteiger partial charge in [0, 0.05) is 18.5 Å². The third-order valence-electron chi connectivity index (χ3n) is 5.41. The number of carbonyl (C=O) groups excluding carboxylic acids is 2. The Morgan fingerprint density at radius 1 is 1.03 bits per heavy atom. The number of rotatable bonds is 7. The highest BCUT2D eigenvalue weighted by atomic mass is 32.2. The van der Waals surface area contributed by atoms with Gasteiger partial charge in [-0.25, -0.2) is 8.42 Å². The van der Waals surface area contributed by atoms with E-state index in [9.17, 15) is 18.0 Å². The van der Waals surface area contributed by atoms with Gasteiger partial charge in [-0.15, -0.1) is 0 Å². The fraction of sp³-hybridized carbons (Fsp3) is 0.364. The molecule has 7 nitrogen and oxygen atoms in total. The fourth-order valence-corrected chi connectivity index (χ4v) is 5.37. The molecule has 0 bridgehead atoms. The molecule has 2 atom stereocenters. The maximum atomic E-state index is 13.2. The minimum Gasteiger partial charge on any atom is -0.497 e. The number of ketones is 1. The zero-order chi connectivity index (χ0) is 21.9. The van der Waals surface area contributed by atoms with E-state index in [0.29, 0.717) is 17.7 Å². The van der Waals surface area contributed by atoms with Gasteiger partial charge in [-0.3, -0.25) is 9.59 Å². The smallest absolute Gasteiger partial charge is 0.324 e. The van der Waals surface area contributed by atoms with Crippen molar-refractivity contribution >= 4 is 21.8 Å². The number of hydrogen-bond acceptors (Lipinski definition) is 6. The molecule has 0 spiro atoms. The first kappa shape index (κ1) is 22.0. The van der Waals surface area contributed by atoms with E-state index in [2.05, 4.69) is 0 Å². The van der Waals surface area contributed by atoms with Crippen LogP contribution in [0.4, 0.5) is 0 Å². The third kappa shape index (κ3) is 4.39. The molecule has 1 fully saturated rings. The van der Waals surface area contributed by atoms with Gasteiger partial charge in [-0.1, -0.05) is 17.7 Å². The Kier molecular flexibility index (Phi) is 6.58. The predicted octanol–water partition coefficient (Wildman–Crippen LogP) is 2.83. The normalized spacial score (nSPS) is 19.4. The Balaban J connectivity index is 1.84. The van der Waals surface area contributed by atoms with Gasteiger partial charge in [0.15, 0.2) is 5.78 Å². The van der Waals surface area contributed by atoms with Crippen LogP contribution in [0.25, 0.3) is 0 Å². The van der Waals surface area contributed by atoms with Crippen molar-refractivity contribution in [3.63, 3.8) is 0 Å². The molecule has 0 N–H and O–H groups in total. The molecule has 0 amide bonds. The largest absolute Gasteiger partial charge is 0.497 e. The van der Waals surface area contributed by atoms with E-state index < -0.39 is 28.0 Å². The summed E-state index contributed by atoms with van der Waals surface area (Å²) < 4.78 is 37.5. The van der Waals surface area contributed by atoms with Crippen LogP contribution < -0.4 is 4.74 Å². The van der Waals surface area contributed by atoms with Gasteiger partial charge in [0.25, 0.3) is 0 Å². The van der Waals surface area contributed by atoms with Gasteiger partial charge in [0.05, 0.1) is 19.1 Å². The van der Waals surface area contributed by atoms with Gasteiger partial charge >= 0.3 is 5.97 Å². The van der Waals surface area contributed by atoms with Crippen molar-refractivity contribution in [3.05, 3.63) is 59.7 Å². The molecule has 0 aliphatic carbocycles. The number of benzene rings is 2. The summed E-state index contributed by atoms with van der Waals surface area (Å²) in [7, 11) is -1.13. The first-order valence-corrected chi connectivity index (χ1v) is 11.1. The topological polar surface area (TPSA) is 90.0 Å². The first-order chi connectivity index (χ1) is 14.3. The van der Waals surface area contributed by atoms with Crippen LogP contribution in [0.2, 0.25) is 0 Å². The van der Waals surface area contributed by atoms with E-state index in [0.717, 1.165) is 9.87 Å². The second-order valence-electron chi connectivity index (χ2n) is 7.30.